The number of hydrogen-bond acceptors (Lipinski definition) is 5. The van der Waals surface area contributed by atoms with Crippen LogP contribution in [0.2, 0.25) is 5.02 Å². The number of Topliss-reactive ketones (excluding diaryl/α,β-unsaturated/α-hetero) is 1. The summed E-state index contributed by atoms with van der Waals surface area (Å²) >= 11 is 9.19. The minimum atomic E-state index is -0.436. The van der Waals surface area contributed by atoms with E-state index in [2.05, 4.69) is 37.4 Å². The molecule has 4 N–H and O–H groups in total. The van der Waals surface area contributed by atoms with E-state index in [0.717, 1.165) is 4.47 Å². The van der Waals surface area contributed by atoms with E-state index in [4.69, 9.17) is 11.6 Å². The van der Waals surface area contributed by atoms with Crippen LogP contribution in [0.15, 0.2) is 64.3 Å². The van der Waals surface area contributed by atoms with Gasteiger partial charge in [-0.25, -0.2) is 0 Å². The minimum Gasteiger partial charge on any atom is -0.358 e. The highest BCUT2D eigenvalue weighted by Crippen LogP contribution is 2.21. The second kappa shape index (κ2) is 9.58. The van der Waals surface area contributed by atoms with Gasteiger partial charge in [-0.15, -0.1) is 0 Å². The second-order valence-electron chi connectivity index (χ2n) is 6.27. The van der Waals surface area contributed by atoms with Crippen molar-refractivity contribution < 1.29 is 14.4 Å². The Labute approximate surface area is 181 Å². The van der Waals surface area contributed by atoms with Gasteiger partial charge in [-0.05, 0) is 55.0 Å². The van der Waals surface area contributed by atoms with Crippen LogP contribution in [0.3, 0.4) is 0 Å². The van der Waals surface area contributed by atoms with Gasteiger partial charge in [0.2, 0.25) is 5.91 Å². The first-order valence-corrected chi connectivity index (χ1v) is 9.97. The van der Waals surface area contributed by atoms with Crippen LogP contribution in [0.25, 0.3) is 0 Å². The molecular weight excluding hydrogens is 460 g/mol. The number of anilines is 2. The lowest BCUT2D eigenvalue weighted by Crippen LogP contribution is -2.29. The number of benzene rings is 2. The molecule has 0 atom stereocenters. The Kier molecular flexibility index (Phi) is 6.90. The first-order chi connectivity index (χ1) is 13.9. The standard InChI is InChI=1S/C20H18BrClN4O3/c21-12-1-5-14(6-2-12)24-16(19-17(27)11-23-20(19)29)9-10-18(28)26-25-15-7-3-13(22)4-8-15/h1-8,24-25H,9-11H2,(H,23,29)(H,26,28). The van der Waals surface area contributed by atoms with E-state index in [1.165, 1.54) is 0 Å². The molecule has 0 bridgehead atoms. The van der Waals surface area contributed by atoms with Gasteiger partial charge in [0.25, 0.3) is 5.91 Å². The van der Waals surface area contributed by atoms with E-state index in [-0.39, 0.29) is 36.6 Å². The average Bonchev–Trinajstić information content (AvgIpc) is 3.04. The van der Waals surface area contributed by atoms with E-state index in [1.807, 2.05) is 24.3 Å². The molecule has 2 amide bonds. The number of amides is 2. The van der Waals surface area contributed by atoms with Gasteiger partial charge in [-0.3, -0.25) is 25.2 Å². The summed E-state index contributed by atoms with van der Waals surface area (Å²) in [7, 11) is 0. The zero-order valence-corrected chi connectivity index (χ0v) is 17.6. The third-order valence-electron chi connectivity index (χ3n) is 4.15. The fourth-order valence-corrected chi connectivity index (χ4v) is 3.09. The molecule has 3 rings (SSSR count). The highest BCUT2D eigenvalue weighted by molar-refractivity contribution is 9.10. The fraction of sp³-hybridized carbons (Fsp3) is 0.150. The molecule has 0 spiro atoms. The number of carbonyl (C=O) groups is 3. The van der Waals surface area contributed by atoms with Crippen molar-refractivity contribution in [2.75, 3.05) is 17.3 Å². The van der Waals surface area contributed by atoms with Crippen molar-refractivity contribution in [1.82, 2.24) is 10.7 Å². The molecule has 0 aliphatic carbocycles. The Morgan fingerprint density at radius 3 is 2.28 bits per heavy atom. The maximum Gasteiger partial charge on any atom is 0.257 e. The Hall–Kier alpha value is -2.84. The largest absolute Gasteiger partial charge is 0.358 e. The molecular formula is C20H18BrClN4O3. The van der Waals surface area contributed by atoms with E-state index < -0.39 is 5.91 Å². The number of halogens is 2. The van der Waals surface area contributed by atoms with Crippen LogP contribution in [0.1, 0.15) is 12.8 Å². The zero-order chi connectivity index (χ0) is 20.8. The summed E-state index contributed by atoms with van der Waals surface area (Å²) in [5, 5.41) is 6.22. The quantitative estimate of drug-likeness (QED) is 0.278. The Morgan fingerprint density at radius 2 is 1.66 bits per heavy atom. The predicted octanol–water partition coefficient (Wildman–Crippen LogP) is 3.39. The summed E-state index contributed by atoms with van der Waals surface area (Å²) in [5.41, 5.74) is 7.24. The molecule has 9 heteroatoms. The van der Waals surface area contributed by atoms with Crippen LogP contribution in [-0.4, -0.2) is 24.1 Å². The SMILES string of the molecule is O=C(CCC(Nc1ccc(Br)cc1)=C1C(=O)CNC1=O)NNc1ccc(Cl)cc1. The van der Waals surface area contributed by atoms with Gasteiger partial charge in [0.1, 0.15) is 5.57 Å². The maximum absolute atomic E-state index is 12.2. The molecule has 2 aromatic rings. The van der Waals surface area contributed by atoms with Crippen molar-refractivity contribution in [3.05, 3.63) is 69.3 Å². The molecule has 1 aliphatic heterocycles. The third-order valence-corrected chi connectivity index (χ3v) is 4.93. The van der Waals surface area contributed by atoms with Gasteiger partial charge in [-0.1, -0.05) is 27.5 Å². The molecule has 1 saturated heterocycles. The monoisotopic (exact) mass is 476 g/mol. The topological polar surface area (TPSA) is 99.3 Å². The summed E-state index contributed by atoms with van der Waals surface area (Å²) < 4.78 is 0.902. The lowest BCUT2D eigenvalue weighted by atomic mass is 10.1. The minimum absolute atomic E-state index is 0.0377. The summed E-state index contributed by atoms with van der Waals surface area (Å²) in [6.45, 7) is -0.0377. The lowest BCUT2D eigenvalue weighted by Gasteiger charge is -2.14. The molecule has 0 saturated carbocycles. The molecule has 0 radical (unpaired) electrons. The van der Waals surface area contributed by atoms with Gasteiger partial charge in [-0.2, -0.15) is 0 Å². The average molecular weight is 478 g/mol. The van der Waals surface area contributed by atoms with Crippen molar-refractivity contribution in [2.45, 2.75) is 12.8 Å². The first-order valence-electron chi connectivity index (χ1n) is 8.80. The molecule has 7 nitrogen and oxygen atoms in total. The van der Waals surface area contributed by atoms with E-state index in [0.29, 0.717) is 22.1 Å². The van der Waals surface area contributed by atoms with Gasteiger partial charge >= 0.3 is 0 Å². The highest BCUT2D eigenvalue weighted by atomic mass is 79.9. The predicted molar refractivity (Wildman–Crippen MR) is 115 cm³/mol. The van der Waals surface area contributed by atoms with Crippen LogP contribution < -0.4 is 21.5 Å². The molecule has 1 aliphatic rings. The first kappa shape index (κ1) is 20.9. The Bertz CT molecular complexity index is 941. The number of nitrogens with one attached hydrogen (secondary N) is 4. The molecule has 1 fully saturated rings. The van der Waals surface area contributed by atoms with Crippen LogP contribution in [0.5, 0.6) is 0 Å². The summed E-state index contributed by atoms with van der Waals surface area (Å²) in [6, 6.07) is 14.2. The molecule has 0 aromatic heterocycles. The number of hydrazine groups is 1. The third kappa shape index (κ3) is 5.82. The molecule has 1 heterocycles. The van der Waals surface area contributed by atoms with Gasteiger partial charge in [0.15, 0.2) is 5.78 Å². The van der Waals surface area contributed by atoms with E-state index in [9.17, 15) is 14.4 Å². The fourth-order valence-electron chi connectivity index (χ4n) is 2.70. The lowest BCUT2D eigenvalue weighted by molar-refractivity contribution is -0.121. The van der Waals surface area contributed by atoms with Gasteiger partial charge in [0, 0.05) is 27.3 Å². The summed E-state index contributed by atoms with van der Waals surface area (Å²) in [5.74, 6) is -1.02. The normalized spacial score (nSPS) is 15.0. The summed E-state index contributed by atoms with van der Waals surface area (Å²) in [4.78, 5) is 36.5. The number of ketones is 1. The van der Waals surface area contributed by atoms with Crippen molar-refractivity contribution in [1.29, 1.82) is 0 Å². The number of rotatable bonds is 7. The number of hydrogen-bond donors (Lipinski definition) is 4. The molecule has 29 heavy (non-hydrogen) atoms. The Balaban J connectivity index is 1.66. The van der Waals surface area contributed by atoms with Crippen molar-refractivity contribution in [2.24, 2.45) is 0 Å². The number of allylic oxidation sites excluding steroid dienone is 1. The number of carbonyl (C=O) groups excluding carboxylic acids is 3. The summed E-state index contributed by atoms with van der Waals surface area (Å²) in [6.07, 6.45) is 0.266. The van der Waals surface area contributed by atoms with E-state index in [1.54, 1.807) is 24.3 Å². The molecule has 0 unspecified atom stereocenters. The van der Waals surface area contributed by atoms with Crippen LogP contribution in [0, 0.1) is 0 Å². The maximum atomic E-state index is 12.2. The second-order valence-corrected chi connectivity index (χ2v) is 7.62. The van der Waals surface area contributed by atoms with Crippen LogP contribution in [0.4, 0.5) is 11.4 Å². The van der Waals surface area contributed by atoms with Crippen LogP contribution >= 0.6 is 27.5 Å². The molecule has 2 aromatic carbocycles. The van der Waals surface area contributed by atoms with Crippen LogP contribution in [-0.2, 0) is 14.4 Å². The Morgan fingerprint density at radius 1 is 1.00 bits per heavy atom. The highest BCUT2D eigenvalue weighted by Gasteiger charge is 2.29. The van der Waals surface area contributed by atoms with Gasteiger partial charge in [0.05, 0.1) is 12.2 Å². The van der Waals surface area contributed by atoms with Crippen molar-refractivity contribution >= 4 is 56.5 Å². The molecule has 150 valence electrons. The van der Waals surface area contributed by atoms with Gasteiger partial charge < -0.3 is 10.6 Å². The van der Waals surface area contributed by atoms with Crippen molar-refractivity contribution in [3.8, 4) is 0 Å². The van der Waals surface area contributed by atoms with E-state index >= 15 is 0 Å². The smallest absolute Gasteiger partial charge is 0.257 e. The zero-order valence-electron chi connectivity index (χ0n) is 15.2. The van der Waals surface area contributed by atoms with Crippen molar-refractivity contribution in [3.63, 3.8) is 0 Å².